The molecule has 0 saturated heterocycles. The van der Waals surface area contributed by atoms with Crippen molar-refractivity contribution < 1.29 is 9.13 Å². The van der Waals surface area contributed by atoms with Gasteiger partial charge in [-0.3, -0.25) is 4.68 Å². The van der Waals surface area contributed by atoms with Crippen LogP contribution in [0.2, 0.25) is 0 Å². The van der Waals surface area contributed by atoms with Gasteiger partial charge in [0.2, 0.25) is 0 Å². The third-order valence-electron chi connectivity index (χ3n) is 3.01. The number of aromatic nitrogens is 2. The number of hydrogen-bond donors (Lipinski definition) is 1. The molecule has 0 fully saturated rings. The molecule has 19 heavy (non-hydrogen) atoms. The van der Waals surface area contributed by atoms with E-state index in [2.05, 4.69) is 12.0 Å². The Balaban J connectivity index is 2.24. The Bertz CT molecular complexity index is 553. The maximum absolute atomic E-state index is 13.9. The molecule has 5 heteroatoms. The van der Waals surface area contributed by atoms with E-state index in [1.165, 1.54) is 13.2 Å². The highest BCUT2D eigenvalue weighted by molar-refractivity contribution is 5.35. The third-order valence-corrected chi connectivity index (χ3v) is 3.01. The number of hydrogen-bond acceptors (Lipinski definition) is 3. The van der Waals surface area contributed by atoms with Gasteiger partial charge in [0.25, 0.3) is 0 Å². The van der Waals surface area contributed by atoms with E-state index >= 15 is 0 Å². The topological polar surface area (TPSA) is 53.1 Å². The van der Waals surface area contributed by atoms with Crippen LogP contribution in [0.4, 0.5) is 4.39 Å². The zero-order valence-corrected chi connectivity index (χ0v) is 11.1. The van der Waals surface area contributed by atoms with Crippen LogP contribution in [0.5, 0.6) is 5.75 Å². The molecule has 0 saturated carbocycles. The monoisotopic (exact) mass is 263 g/mol. The maximum Gasteiger partial charge on any atom is 0.132 e. The van der Waals surface area contributed by atoms with E-state index in [0.717, 1.165) is 18.5 Å². The average molecular weight is 263 g/mol. The Morgan fingerprint density at radius 2 is 2.26 bits per heavy atom. The van der Waals surface area contributed by atoms with Gasteiger partial charge in [0, 0.05) is 29.9 Å². The Kier molecular flexibility index (Phi) is 4.16. The summed E-state index contributed by atoms with van der Waals surface area (Å²) in [5.41, 5.74) is 7.33. The first-order valence-electron chi connectivity index (χ1n) is 6.27. The van der Waals surface area contributed by atoms with Crippen molar-refractivity contribution in [2.45, 2.75) is 25.9 Å². The summed E-state index contributed by atoms with van der Waals surface area (Å²) < 4.78 is 20.7. The van der Waals surface area contributed by atoms with Gasteiger partial charge in [0.1, 0.15) is 11.6 Å². The summed E-state index contributed by atoms with van der Waals surface area (Å²) in [5, 5.41) is 4.21. The molecule has 1 heterocycles. The molecule has 2 N–H and O–H groups in total. The number of rotatable bonds is 5. The van der Waals surface area contributed by atoms with Gasteiger partial charge in [-0.1, -0.05) is 13.0 Å². The zero-order chi connectivity index (χ0) is 13.8. The predicted molar refractivity (Wildman–Crippen MR) is 71.5 cm³/mol. The minimum absolute atomic E-state index is 0.366. The second-order valence-electron chi connectivity index (χ2n) is 4.40. The highest BCUT2D eigenvalue weighted by atomic mass is 19.1. The fourth-order valence-electron chi connectivity index (χ4n) is 1.96. The van der Waals surface area contributed by atoms with Crippen LogP contribution in [0.1, 0.15) is 30.5 Å². The van der Waals surface area contributed by atoms with Gasteiger partial charge >= 0.3 is 0 Å². The largest absolute Gasteiger partial charge is 0.497 e. The number of nitrogens with two attached hydrogens (primary N) is 1. The van der Waals surface area contributed by atoms with E-state index in [1.54, 1.807) is 18.3 Å². The molecule has 0 aliphatic carbocycles. The summed E-state index contributed by atoms with van der Waals surface area (Å²) in [6.07, 6.45) is 4.54. The molecule has 2 rings (SSSR count). The first kappa shape index (κ1) is 13.5. The summed E-state index contributed by atoms with van der Waals surface area (Å²) in [5.74, 6) is 0.116. The highest BCUT2D eigenvalue weighted by Gasteiger charge is 2.15. The molecule has 1 unspecified atom stereocenters. The number of methoxy groups -OCH3 is 1. The zero-order valence-electron chi connectivity index (χ0n) is 11.1. The van der Waals surface area contributed by atoms with Gasteiger partial charge in [-0.25, -0.2) is 4.39 Å². The van der Waals surface area contributed by atoms with Crippen LogP contribution in [0, 0.1) is 5.82 Å². The second-order valence-corrected chi connectivity index (χ2v) is 4.40. The maximum atomic E-state index is 13.9. The Morgan fingerprint density at radius 3 is 2.89 bits per heavy atom. The van der Waals surface area contributed by atoms with Gasteiger partial charge in [-0.15, -0.1) is 0 Å². The van der Waals surface area contributed by atoms with E-state index in [0.29, 0.717) is 11.3 Å². The quantitative estimate of drug-likeness (QED) is 0.901. The molecule has 0 aliphatic heterocycles. The second kappa shape index (κ2) is 5.84. The normalized spacial score (nSPS) is 12.4. The van der Waals surface area contributed by atoms with Crippen molar-refractivity contribution in [2.24, 2.45) is 5.73 Å². The first-order valence-corrected chi connectivity index (χ1v) is 6.27. The molecule has 4 nitrogen and oxygen atoms in total. The van der Waals surface area contributed by atoms with Crippen LogP contribution in [0.3, 0.4) is 0 Å². The predicted octanol–water partition coefficient (Wildman–Crippen LogP) is 2.49. The van der Waals surface area contributed by atoms with Crippen molar-refractivity contribution in [3.8, 4) is 5.75 Å². The van der Waals surface area contributed by atoms with Crippen LogP contribution in [0.15, 0.2) is 30.6 Å². The summed E-state index contributed by atoms with van der Waals surface area (Å²) in [4.78, 5) is 0. The van der Waals surface area contributed by atoms with E-state index < -0.39 is 6.04 Å². The van der Waals surface area contributed by atoms with E-state index in [9.17, 15) is 4.39 Å². The molecule has 102 valence electrons. The van der Waals surface area contributed by atoms with Crippen LogP contribution >= 0.6 is 0 Å². The summed E-state index contributed by atoms with van der Waals surface area (Å²) in [6.45, 7) is 2.90. The number of aryl methyl sites for hydroxylation is 1. The third kappa shape index (κ3) is 2.93. The number of halogens is 1. The van der Waals surface area contributed by atoms with Gasteiger partial charge in [-0.05, 0) is 12.5 Å². The molecular weight excluding hydrogens is 245 g/mol. The molecular formula is C14H18FN3O. The molecule has 0 spiro atoms. The average Bonchev–Trinajstić information content (AvgIpc) is 2.87. The fraction of sp³-hybridized carbons (Fsp3) is 0.357. The SMILES string of the molecule is CCCn1cc(C(N)c2ccc(OC)cc2F)cn1. The molecule has 1 aromatic carbocycles. The number of benzene rings is 1. The number of nitrogens with zero attached hydrogens (tertiary/aromatic N) is 2. The molecule has 0 radical (unpaired) electrons. The summed E-state index contributed by atoms with van der Waals surface area (Å²) in [7, 11) is 1.50. The van der Waals surface area contributed by atoms with E-state index in [4.69, 9.17) is 10.5 Å². The lowest BCUT2D eigenvalue weighted by atomic mass is 10.0. The Labute approximate surface area is 112 Å². The molecule has 2 aromatic rings. The lowest BCUT2D eigenvalue weighted by molar-refractivity contribution is 0.410. The minimum atomic E-state index is -0.517. The molecule has 1 atom stereocenters. The fourth-order valence-corrected chi connectivity index (χ4v) is 1.96. The van der Waals surface area contributed by atoms with Gasteiger partial charge in [0.05, 0.1) is 19.3 Å². The van der Waals surface area contributed by atoms with Crippen molar-refractivity contribution >= 4 is 0 Å². The van der Waals surface area contributed by atoms with Crippen LogP contribution in [0.25, 0.3) is 0 Å². The Morgan fingerprint density at radius 1 is 1.47 bits per heavy atom. The Hall–Kier alpha value is -1.88. The standard InChI is InChI=1S/C14H18FN3O/c1-3-6-18-9-10(8-17-18)14(16)12-5-4-11(19-2)7-13(12)15/h4-5,7-9,14H,3,6,16H2,1-2H3. The molecule has 0 amide bonds. The van der Waals surface area contributed by atoms with Crippen molar-refractivity contribution in [3.05, 3.63) is 47.5 Å². The van der Waals surface area contributed by atoms with Gasteiger partial charge in [-0.2, -0.15) is 5.10 Å². The smallest absolute Gasteiger partial charge is 0.132 e. The van der Waals surface area contributed by atoms with Crippen molar-refractivity contribution in [3.63, 3.8) is 0 Å². The van der Waals surface area contributed by atoms with Crippen LogP contribution in [-0.4, -0.2) is 16.9 Å². The lowest BCUT2D eigenvalue weighted by Crippen LogP contribution is -2.13. The summed E-state index contributed by atoms with van der Waals surface area (Å²) >= 11 is 0. The van der Waals surface area contributed by atoms with Crippen molar-refractivity contribution in [2.75, 3.05) is 7.11 Å². The van der Waals surface area contributed by atoms with Crippen LogP contribution in [-0.2, 0) is 6.54 Å². The lowest BCUT2D eigenvalue weighted by Gasteiger charge is -2.12. The van der Waals surface area contributed by atoms with E-state index in [1.807, 2.05) is 10.9 Å². The van der Waals surface area contributed by atoms with E-state index in [-0.39, 0.29) is 5.82 Å². The summed E-state index contributed by atoms with van der Waals surface area (Å²) in [6, 6.07) is 4.17. The van der Waals surface area contributed by atoms with Crippen molar-refractivity contribution in [1.82, 2.24) is 9.78 Å². The minimum Gasteiger partial charge on any atom is -0.497 e. The highest BCUT2D eigenvalue weighted by Crippen LogP contribution is 2.25. The van der Waals surface area contributed by atoms with Gasteiger partial charge < -0.3 is 10.5 Å². The first-order chi connectivity index (χ1) is 9.15. The molecule has 0 bridgehead atoms. The molecule has 0 aliphatic rings. The number of ether oxygens (including phenoxy) is 1. The van der Waals surface area contributed by atoms with Crippen LogP contribution < -0.4 is 10.5 Å². The van der Waals surface area contributed by atoms with Crippen molar-refractivity contribution in [1.29, 1.82) is 0 Å². The van der Waals surface area contributed by atoms with Gasteiger partial charge in [0.15, 0.2) is 0 Å². The molecule has 1 aromatic heterocycles.